The second-order valence-electron chi connectivity index (χ2n) is 19.5. The summed E-state index contributed by atoms with van der Waals surface area (Å²) in [6.07, 6.45) is 0. The van der Waals surface area contributed by atoms with Gasteiger partial charge in [-0.1, -0.05) is 182 Å². The summed E-state index contributed by atoms with van der Waals surface area (Å²) < 4.78 is 39.9. The number of para-hydroxylation sites is 6. The van der Waals surface area contributed by atoms with E-state index in [4.69, 9.17) is 27.9 Å². The molecule has 0 aromatic heterocycles. The predicted molar refractivity (Wildman–Crippen MR) is 307 cm³/mol. The summed E-state index contributed by atoms with van der Waals surface area (Å²) in [5.74, 6) is 4.41. The molecule has 13 aromatic rings. The van der Waals surface area contributed by atoms with E-state index in [1.54, 1.807) is 0 Å². The van der Waals surface area contributed by atoms with E-state index in [9.17, 15) is 0 Å². The maximum atomic E-state index is 6.64. The molecule has 3 aliphatic heterocycles. The van der Waals surface area contributed by atoms with E-state index in [0.29, 0.717) is 0 Å². The van der Waals surface area contributed by atoms with Gasteiger partial charge in [0, 0.05) is 16.4 Å². The molecule has 13 aromatic carbocycles. The Bertz CT molecular complexity index is 3840. The summed E-state index contributed by atoms with van der Waals surface area (Å²) in [6, 6.07) is 83.1. The average molecular weight is 960 g/mol. The van der Waals surface area contributed by atoms with Crippen LogP contribution >= 0.6 is 0 Å². The first kappa shape index (κ1) is 42.0. The Morgan fingerprint density at radius 1 is 0.187 bits per heavy atom. The van der Waals surface area contributed by atoms with E-state index in [0.717, 1.165) is 149 Å². The second-order valence-corrected chi connectivity index (χ2v) is 19.5. The molecule has 3 aliphatic rings. The van der Waals surface area contributed by atoms with Gasteiger partial charge in [-0.05, 0) is 153 Å². The van der Waals surface area contributed by atoms with Gasteiger partial charge in [0.05, 0.1) is 0 Å². The van der Waals surface area contributed by atoms with Crippen molar-refractivity contribution < 1.29 is 27.9 Å². The third kappa shape index (κ3) is 6.44. The molecule has 3 heterocycles. The normalized spacial score (nSPS) is 13.4. The van der Waals surface area contributed by atoms with E-state index in [1.807, 2.05) is 72.8 Å². The van der Waals surface area contributed by atoms with Gasteiger partial charge < -0.3 is 27.9 Å². The summed E-state index contributed by atoms with van der Waals surface area (Å²) in [5, 5.41) is 12.9. The quantitative estimate of drug-likeness (QED) is 0.122. The van der Waals surface area contributed by atoms with E-state index in [-0.39, 0.29) is 0 Å². The van der Waals surface area contributed by atoms with Crippen LogP contribution in [0.15, 0.2) is 237 Å². The van der Waals surface area contributed by atoms with Gasteiger partial charge in [0.2, 0.25) is 0 Å². The molecule has 75 heavy (non-hydrogen) atoms. The van der Waals surface area contributed by atoms with Crippen molar-refractivity contribution in [2.45, 2.75) is 0 Å². The van der Waals surface area contributed by atoms with Crippen LogP contribution in [0.3, 0.4) is 0 Å². The zero-order valence-corrected chi connectivity index (χ0v) is 40.2. The number of hydrogen-bond acceptors (Lipinski definition) is 6. The number of benzene rings is 13. The molecule has 0 bridgehead atoms. The Morgan fingerprint density at radius 2 is 0.347 bits per heavy atom. The molecule has 0 spiro atoms. The minimum absolute atomic E-state index is 0.637. The van der Waals surface area contributed by atoms with Gasteiger partial charge in [-0.25, -0.2) is 0 Å². The molecule has 348 valence electrons. The monoisotopic (exact) mass is 960 g/mol. The van der Waals surface area contributed by atoms with E-state index >= 15 is 0 Å². The summed E-state index contributed by atoms with van der Waals surface area (Å²) in [4.78, 5) is 0. The molecule has 0 fully saturated rings. The van der Waals surface area contributed by atoms with E-state index < -0.39 is 21.4 Å². The fourth-order valence-electron chi connectivity index (χ4n) is 12.3. The largest absolute Gasteiger partial charge is 0.634 e. The van der Waals surface area contributed by atoms with Gasteiger partial charge in [0.25, 0.3) is 0 Å². The molecule has 16 rings (SSSR count). The number of hydrogen-bond donors (Lipinski definition) is 0. The van der Waals surface area contributed by atoms with Crippen molar-refractivity contribution in [3.05, 3.63) is 237 Å². The van der Waals surface area contributed by atoms with Crippen LogP contribution in [0.2, 0.25) is 0 Å². The summed E-state index contributed by atoms with van der Waals surface area (Å²) in [5.41, 5.74) is 9.56. The Morgan fingerprint density at radius 3 is 0.533 bits per heavy atom. The number of rotatable bonds is 6. The highest BCUT2D eigenvalue weighted by atomic mass is 16.6. The molecule has 0 amide bonds. The first-order valence-corrected chi connectivity index (χ1v) is 25.4. The van der Waals surface area contributed by atoms with Gasteiger partial charge in [-0.2, -0.15) is 0 Å². The van der Waals surface area contributed by atoms with E-state index in [2.05, 4.69) is 164 Å². The van der Waals surface area contributed by atoms with Crippen LogP contribution < -0.4 is 44.3 Å². The minimum Gasteiger partial charge on any atom is -0.519 e. The van der Waals surface area contributed by atoms with E-state index in [1.165, 1.54) is 0 Å². The Labute approximate surface area is 432 Å². The van der Waals surface area contributed by atoms with Crippen molar-refractivity contribution in [2.24, 2.45) is 0 Å². The van der Waals surface area contributed by atoms with Crippen LogP contribution in [-0.2, 0) is 0 Å². The van der Waals surface area contributed by atoms with Gasteiger partial charge in [-0.3, -0.25) is 0 Å². The molecule has 6 nitrogen and oxygen atoms in total. The lowest BCUT2D eigenvalue weighted by Gasteiger charge is -2.22. The molecule has 0 N–H and O–H groups in total. The van der Waals surface area contributed by atoms with Crippen LogP contribution in [0.25, 0.3) is 98.0 Å². The Hall–Kier alpha value is -9.59. The van der Waals surface area contributed by atoms with Crippen molar-refractivity contribution in [1.29, 1.82) is 0 Å². The molecule has 0 saturated heterocycles. The Kier molecular flexibility index (Phi) is 9.22. The van der Waals surface area contributed by atoms with Gasteiger partial charge >= 0.3 is 21.4 Å². The van der Waals surface area contributed by atoms with Crippen LogP contribution in [0.1, 0.15) is 0 Å². The lowest BCUT2D eigenvalue weighted by molar-refractivity contribution is 0.519. The average Bonchev–Trinajstić information content (AvgIpc) is 4.23. The predicted octanol–water partition coefficient (Wildman–Crippen LogP) is 14.1. The van der Waals surface area contributed by atoms with Gasteiger partial charge in [-0.15, -0.1) is 0 Å². The highest BCUT2D eigenvalue weighted by Gasteiger charge is 2.41. The van der Waals surface area contributed by atoms with Crippen LogP contribution in [-0.4, -0.2) is 21.4 Å². The maximum Gasteiger partial charge on any atom is 0.634 e. The molecule has 0 atom stereocenters. The zero-order chi connectivity index (χ0) is 49.1. The molecule has 0 radical (unpaired) electrons. The fourth-order valence-corrected chi connectivity index (χ4v) is 12.3. The summed E-state index contributed by atoms with van der Waals surface area (Å²) in [6.45, 7) is 0. The highest BCUT2D eigenvalue weighted by Crippen LogP contribution is 2.47. The lowest BCUT2D eigenvalue weighted by Crippen LogP contribution is -2.40. The minimum atomic E-state index is -0.637. The molecule has 0 aliphatic carbocycles. The van der Waals surface area contributed by atoms with Crippen molar-refractivity contribution >= 4 is 102 Å². The smallest absolute Gasteiger partial charge is 0.519 e. The molecule has 0 unspecified atom stereocenters. The van der Waals surface area contributed by atoms with Gasteiger partial charge in [0.15, 0.2) is 0 Å². The van der Waals surface area contributed by atoms with Gasteiger partial charge in [0.1, 0.15) is 34.5 Å². The summed E-state index contributed by atoms with van der Waals surface area (Å²) >= 11 is 0. The molecular weight excluding hydrogens is 921 g/mol. The SMILES string of the molecule is c1ccc2c(c1)OB(c1c3ccccc3c(-c3cc(-c4c5ccccc5c(B5Oc6ccccc6O5)c5ccccc45)cc(-c4c5ccccc5c(B5Oc6ccccc6O5)c5ccccc45)c3)c3ccccc13)O2. The van der Waals surface area contributed by atoms with Crippen LogP contribution in [0.5, 0.6) is 34.5 Å². The topological polar surface area (TPSA) is 55.4 Å². The van der Waals surface area contributed by atoms with Crippen LogP contribution in [0.4, 0.5) is 0 Å². The first-order valence-electron chi connectivity index (χ1n) is 25.4. The zero-order valence-electron chi connectivity index (χ0n) is 40.2. The van der Waals surface area contributed by atoms with Crippen molar-refractivity contribution in [3.8, 4) is 67.9 Å². The highest BCUT2D eigenvalue weighted by molar-refractivity contribution is 6.71. The van der Waals surface area contributed by atoms with Crippen molar-refractivity contribution in [1.82, 2.24) is 0 Å². The summed E-state index contributed by atoms with van der Waals surface area (Å²) in [7, 11) is -1.91. The van der Waals surface area contributed by atoms with Crippen molar-refractivity contribution in [2.75, 3.05) is 0 Å². The Balaban J connectivity index is 1.000. The first-order chi connectivity index (χ1) is 37.2. The van der Waals surface area contributed by atoms with Crippen LogP contribution in [0, 0.1) is 0 Å². The molecular formula is C66H39B3O6. The van der Waals surface area contributed by atoms with Crippen molar-refractivity contribution in [3.63, 3.8) is 0 Å². The fraction of sp³-hybridized carbons (Fsp3) is 0. The standard InChI is InChI=1S/C66H39B3O6/c1-7-25-49-43(19-1)61(44-20-2-8-26-50(44)64(49)67-70-55-31-13-14-32-56(55)71-67)40-37-41(62-45-21-3-9-27-51(45)65(52-28-10-4-22-46(52)62)68-72-57-33-15-16-34-58(57)73-68)39-42(38-40)63-47-23-5-11-29-53(47)66(54-30-12-6-24-48(54)63)69-74-59-35-17-18-36-60(59)75-69/h1-39H. The third-order valence-corrected chi connectivity index (χ3v) is 15.4. The second kappa shape index (κ2) is 16.5. The lowest BCUT2D eigenvalue weighted by atomic mass is 9.70. The maximum absolute atomic E-state index is 6.64. The third-order valence-electron chi connectivity index (χ3n) is 15.4. The molecule has 9 heteroatoms. The number of fused-ring (bicyclic) bond motifs is 9. The molecule has 0 saturated carbocycles.